The lowest BCUT2D eigenvalue weighted by atomic mass is 9.88. The standard InChI is InChI=1S/C26H33O2P/c27-24(20-21-10-4-1-5-11-21)18-19-29(28)25(22-12-6-2-7-13-22)16-17-26(29)23-14-8-3-9-15-23/h1,4-5,10-11,16-19,22-23H,2-3,6-9,12-15,20H2/b19-18+. The van der Waals surface area contributed by atoms with E-state index in [2.05, 4.69) is 12.2 Å². The number of hydrogen-bond acceptors (Lipinski definition) is 2. The van der Waals surface area contributed by atoms with Crippen molar-refractivity contribution in [2.45, 2.75) is 70.6 Å². The van der Waals surface area contributed by atoms with Gasteiger partial charge in [-0.3, -0.25) is 4.79 Å². The monoisotopic (exact) mass is 408 g/mol. The van der Waals surface area contributed by atoms with Gasteiger partial charge >= 0.3 is 0 Å². The van der Waals surface area contributed by atoms with Crippen molar-refractivity contribution in [2.24, 2.45) is 11.8 Å². The van der Waals surface area contributed by atoms with Crippen molar-refractivity contribution in [2.75, 3.05) is 0 Å². The summed E-state index contributed by atoms with van der Waals surface area (Å²) in [5, 5.41) is 2.28. The molecule has 0 amide bonds. The molecule has 2 fully saturated rings. The second-order valence-corrected chi connectivity index (χ2v) is 11.6. The van der Waals surface area contributed by atoms with Gasteiger partial charge in [0.1, 0.15) is 0 Å². The molecule has 29 heavy (non-hydrogen) atoms. The fraction of sp³-hybridized carbons (Fsp3) is 0.500. The van der Waals surface area contributed by atoms with E-state index in [4.69, 9.17) is 0 Å². The smallest absolute Gasteiger partial charge is 0.160 e. The molecule has 2 aliphatic carbocycles. The molecule has 154 valence electrons. The molecule has 1 heterocycles. The van der Waals surface area contributed by atoms with E-state index < -0.39 is 7.14 Å². The van der Waals surface area contributed by atoms with E-state index in [1.165, 1.54) is 38.5 Å². The van der Waals surface area contributed by atoms with Crippen molar-refractivity contribution in [3.8, 4) is 0 Å². The molecule has 0 bridgehead atoms. The number of benzene rings is 1. The molecule has 2 saturated carbocycles. The predicted molar refractivity (Wildman–Crippen MR) is 121 cm³/mol. The van der Waals surface area contributed by atoms with Gasteiger partial charge in [-0.2, -0.15) is 0 Å². The summed E-state index contributed by atoms with van der Waals surface area (Å²) in [5.41, 5.74) is 1.01. The zero-order valence-corrected chi connectivity index (χ0v) is 18.3. The Bertz CT molecular complexity index is 812. The topological polar surface area (TPSA) is 34.1 Å². The molecule has 4 rings (SSSR count). The largest absolute Gasteiger partial charge is 0.310 e. The van der Waals surface area contributed by atoms with Crippen molar-refractivity contribution in [1.29, 1.82) is 0 Å². The number of rotatable bonds is 6. The average Bonchev–Trinajstić information content (AvgIpc) is 3.11. The van der Waals surface area contributed by atoms with E-state index in [9.17, 15) is 9.36 Å². The maximum absolute atomic E-state index is 14.5. The van der Waals surface area contributed by atoms with Gasteiger partial charge in [-0.15, -0.1) is 0 Å². The third-order valence-corrected chi connectivity index (χ3v) is 10.1. The molecule has 0 spiro atoms. The molecular formula is C26H33O2P. The fourth-order valence-electron chi connectivity index (χ4n) is 5.37. The van der Waals surface area contributed by atoms with Gasteiger partial charge in [0.15, 0.2) is 12.9 Å². The molecule has 0 saturated heterocycles. The first-order chi connectivity index (χ1) is 14.2. The van der Waals surface area contributed by atoms with Crippen molar-refractivity contribution in [3.05, 3.63) is 70.6 Å². The van der Waals surface area contributed by atoms with Crippen LogP contribution in [0.4, 0.5) is 0 Å². The van der Waals surface area contributed by atoms with E-state index in [0.29, 0.717) is 18.3 Å². The fourth-order valence-corrected chi connectivity index (χ4v) is 8.58. The highest BCUT2D eigenvalue weighted by molar-refractivity contribution is 7.75. The molecule has 1 aromatic rings. The lowest BCUT2D eigenvalue weighted by Gasteiger charge is -2.31. The maximum Gasteiger partial charge on any atom is 0.160 e. The van der Waals surface area contributed by atoms with Gasteiger partial charge in [0.25, 0.3) is 0 Å². The highest BCUT2D eigenvalue weighted by atomic mass is 31.2. The predicted octanol–water partition coefficient (Wildman–Crippen LogP) is 7.62. The van der Waals surface area contributed by atoms with E-state index in [1.807, 2.05) is 36.1 Å². The van der Waals surface area contributed by atoms with Gasteiger partial charge in [-0.05, 0) is 65.6 Å². The van der Waals surface area contributed by atoms with Crippen LogP contribution in [0.15, 0.2) is 65.0 Å². The second-order valence-electron chi connectivity index (χ2n) is 8.96. The molecule has 0 N–H and O–H groups in total. The molecule has 0 aromatic heterocycles. The third kappa shape index (κ3) is 4.75. The van der Waals surface area contributed by atoms with Gasteiger partial charge in [0, 0.05) is 6.42 Å². The molecule has 3 aliphatic rings. The van der Waals surface area contributed by atoms with E-state index in [0.717, 1.165) is 41.9 Å². The summed E-state index contributed by atoms with van der Waals surface area (Å²) >= 11 is 0. The Hall–Kier alpha value is -1.66. The average molecular weight is 409 g/mol. The zero-order valence-electron chi connectivity index (χ0n) is 17.4. The Labute approximate surface area is 175 Å². The van der Waals surface area contributed by atoms with Gasteiger partial charge in [0.05, 0.1) is 0 Å². The maximum atomic E-state index is 14.5. The summed E-state index contributed by atoms with van der Waals surface area (Å²) in [6, 6.07) is 9.83. The minimum atomic E-state index is -2.77. The van der Waals surface area contributed by atoms with Gasteiger partial charge in [0.2, 0.25) is 0 Å². The number of carbonyl (C=O) groups excluding carboxylic acids is 1. The second kappa shape index (κ2) is 9.43. The number of carbonyl (C=O) groups is 1. The van der Waals surface area contributed by atoms with Crippen molar-refractivity contribution in [3.63, 3.8) is 0 Å². The van der Waals surface area contributed by atoms with E-state index in [-0.39, 0.29) is 5.78 Å². The SMILES string of the molecule is O=C(/C=C/P1(=O)C(C2CCCCC2)=CC=C1C1CCCCC1)Cc1ccccc1. The van der Waals surface area contributed by atoms with Crippen molar-refractivity contribution in [1.82, 2.24) is 0 Å². The number of ketones is 1. The number of allylic oxidation sites excluding steroid dienone is 5. The van der Waals surface area contributed by atoms with Crippen LogP contribution in [0.5, 0.6) is 0 Å². The molecule has 0 radical (unpaired) electrons. The Morgan fingerprint density at radius 1 is 0.828 bits per heavy atom. The lowest BCUT2D eigenvalue weighted by Crippen LogP contribution is -2.12. The summed E-state index contributed by atoms with van der Waals surface area (Å²) in [6.07, 6.45) is 18.5. The molecule has 0 unspecified atom stereocenters. The van der Waals surface area contributed by atoms with Crippen LogP contribution >= 0.6 is 7.14 Å². The van der Waals surface area contributed by atoms with Crippen LogP contribution < -0.4 is 0 Å². The molecule has 1 aromatic carbocycles. The Kier molecular flexibility index (Phi) is 6.70. The first-order valence-electron chi connectivity index (χ1n) is 11.5. The van der Waals surface area contributed by atoms with Crippen molar-refractivity contribution < 1.29 is 9.36 Å². The summed E-state index contributed by atoms with van der Waals surface area (Å²) < 4.78 is 14.5. The Morgan fingerprint density at radius 3 is 1.86 bits per heavy atom. The first kappa shape index (κ1) is 20.6. The van der Waals surface area contributed by atoms with Crippen LogP contribution in [0.1, 0.15) is 69.8 Å². The van der Waals surface area contributed by atoms with Crippen molar-refractivity contribution >= 4 is 12.9 Å². The van der Waals surface area contributed by atoms with E-state index >= 15 is 0 Å². The highest BCUT2D eigenvalue weighted by Crippen LogP contribution is 2.71. The molecule has 0 atom stereocenters. The van der Waals surface area contributed by atoms with Crippen LogP contribution in [0.25, 0.3) is 0 Å². The minimum absolute atomic E-state index is 0.0457. The highest BCUT2D eigenvalue weighted by Gasteiger charge is 2.40. The van der Waals surface area contributed by atoms with Gasteiger partial charge in [-0.1, -0.05) is 81.0 Å². The zero-order chi connectivity index (χ0) is 20.1. The lowest BCUT2D eigenvalue weighted by molar-refractivity contribution is -0.114. The van der Waals surface area contributed by atoms with Crippen LogP contribution in [0.2, 0.25) is 0 Å². The van der Waals surface area contributed by atoms with E-state index in [1.54, 1.807) is 6.08 Å². The molecular weight excluding hydrogens is 375 g/mol. The minimum Gasteiger partial charge on any atom is -0.310 e. The molecule has 2 nitrogen and oxygen atoms in total. The summed E-state index contributed by atoms with van der Waals surface area (Å²) in [6.45, 7) is 0. The molecule has 3 heteroatoms. The normalized spacial score (nSPS) is 23.2. The molecule has 1 aliphatic heterocycles. The van der Waals surface area contributed by atoms with Gasteiger partial charge in [-0.25, -0.2) is 0 Å². The van der Waals surface area contributed by atoms with Crippen LogP contribution in [-0.4, -0.2) is 5.78 Å². The Morgan fingerprint density at radius 2 is 1.34 bits per heavy atom. The van der Waals surface area contributed by atoms with Crippen LogP contribution in [0.3, 0.4) is 0 Å². The quantitative estimate of drug-likeness (QED) is 0.358. The first-order valence-corrected chi connectivity index (χ1v) is 13.2. The number of hydrogen-bond donors (Lipinski definition) is 0. The van der Waals surface area contributed by atoms with Crippen LogP contribution in [-0.2, 0) is 15.8 Å². The Balaban J connectivity index is 1.56. The van der Waals surface area contributed by atoms with Gasteiger partial charge < -0.3 is 4.57 Å². The summed E-state index contributed by atoms with van der Waals surface area (Å²) in [4.78, 5) is 12.6. The third-order valence-electron chi connectivity index (χ3n) is 6.93. The van der Waals surface area contributed by atoms with Crippen LogP contribution in [0, 0.1) is 11.8 Å². The summed E-state index contributed by atoms with van der Waals surface area (Å²) in [7, 11) is -2.77. The summed E-state index contributed by atoms with van der Waals surface area (Å²) in [5.74, 6) is 2.73.